The molecule has 1 N–H and O–H groups in total. The SMILES string of the molecule is CCCc1nc(SCc2ccc(-c3ccccc3-c3nn[nH]n3)cc2)c2cc(C)ccc2n1. The minimum Gasteiger partial charge on any atom is -0.233 e. The van der Waals surface area contributed by atoms with Gasteiger partial charge in [0.1, 0.15) is 10.9 Å². The number of hydrogen-bond acceptors (Lipinski definition) is 6. The first-order valence-electron chi connectivity index (χ1n) is 11.0. The second-order valence-electron chi connectivity index (χ2n) is 7.98. The maximum Gasteiger partial charge on any atom is 0.205 e. The van der Waals surface area contributed by atoms with Gasteiger partial charge in [-0.2, -0.15) is 5.21 Å². The molecule has 0 spiro atoms. The second kappa shape index (κ2) is 9.50. The number of benzene rings is 3. The van der Waals surface area contributed by atoms with Gasteiger partial charge in [-0.15, -0.1) is 22.0 Å². The fourth-order valence-electron chi connectivity index (χ4n) is 3.84. The highest BCUT2D eigenvalue weighted by Gasteiger charge is 2.12. The van der Waals surface area contributed by atoms with Crippen LogP contribution in [0.5, 0.6) is 0 Å². The van der Waals surface area contributed by atoms with Crippen LogP contribution in [0.1, 0.15) is 30.3 Å². The third-order valence-corrected chi connectivity index (χ3v) is 6.55. The van der Waals surface area contributed by atoms with Crippen molar-refractivity contribution < 1.29 is 0 Å². The second-order valence-corrected chi connectivity index (χ2v) is 8.95. The van der Waals surface area contributed by atoms with E-state index in [-0.39, 0.29) is 0 Å². The Morgan fingerprint density at radius 2 is 1.73 bits per heavy atom. The normalized spacial score (nSPS) is 11.2. The first kappa shape index (κ1) is 21.3. The van der Waals surface area contributed by atoms with Gasteiger partial charge in [0.05, 0.1) is 5.52 Å². The number of hydrogen-bond donors (Lipinski definition) is 1. The Hall–Kier alpha value is -3.58. The Morgan fingerprint density at radius 1 is 0.909 bits per heavy atom. The molecule has 164 valence electrons. The van der Waals surface area contributed by atoms with Crippen molar-refractivity contribution >= 4 is 22.7 Å². The van der Waals surface area contributed by atoms with E-state index in [1.807, 2.05) is 18.2 Å². The van der Waals surface area contributed by atoms with E-state index in [9.17, 15) is 0 Å². The Bertz CT molecular complexity index is 1380. The van der Waals surface area contributed by atoms with Gasteiger partial charge >= 0.3 is 0 Å². The number of nitrogens with one attached hydrogen (secondary N) is 1. The highest BCUT2D eigenvalue weighted by molar-refractivity contribution is 7.98. The summed E-state index contributed by atoms with van der Waals surface area (Å²) in [5, 5.41) is 16.7. The third kappa shape index (κ3) is 4.64. The zero-order chi connectivity index (χ0) is 22.6. The van der Waals surface area contributed by atoms with Crippen LogP contribution in [0.2, 0.25) is 0 Å². The van der Waals surface area contributed by atoms with Gasteiger partial charge in [0.25, 0.3) is 0 Å². The number of fused-ring (bicyclic) bond motifs is 1. The molecule has 0 aliphatic heterocycles. The minimum atomic E-state index is 0.596. The molecule has 33 heavy (non-hydrogen) atoms. The van der Waals surface area contributed by atoms with Gasteiger partial charge in [-0.3, -0.25) is 0 Å². The van der Waals surface area contributed by atoms with E-state index in [1.165, 1.54) is 11.1 Å². The minimum absolute atomic E-state index is 0.596. The third-order valence-electron chi connectivity index (χ3n) is 5.49. The number of H-pyrrole nitrogens is 1. The van der Waals surface area contributed by atoms with Gasteiger partial charge in [-0.05, 0) is 47.4 Å². The van der Waals surface area contributed by atoms with E-state index in [4.69, 9.17) is 9.97 Å². The molecule has 0 saturated carbocycles. The van der Waals surface area contributed by atoms with Crippen molar-refractivity contribution in [2.75, 3.05) is 0 Å². The molecule has 0 aliphatic carbocycles. The van der Waals surface area contributed by atoms with Crippen LogP contribution >= 0.6 is 11.8 Å². The molecular weight excluding hydrogens is 428 g/mol. The lowest BCUT2D eigenvalue weighted by Crippen LogP contribution is -1.98. The van der Waals surface area contributed by atoms with Crippen LogP contribution in [-0.4, -0.2) is 30.6 Å². The maximum absolute atomic E-state index is 4.88. The van der Waals surface area contributed by atoms with Crippen LogP contribution in [0, 0.1) is 6.92 Å². The van der Waals surface area contributed by atoms with Gasteiger partial charge in [0.15, 0.2) is 0 Å². The molecule has 0 unspecified atom stereocenters. The lowest BCUT2D eigenvalue weighted by atomic mass is 9.98. The van der Waals surface area contributed by atoms with Gasteiger partial charge in [0, 0.05) is 23.1 Å². The van der Waals surface area contributed by atoms with Gasteiger partial charge in [0.2, 0.25) is 5.82 Å². The van der Waals surface area contributed by atoms with Crippen LogP contribution < -0.4 is 0 Å². The molecule has 5 aromatic rings. The van der Waals surface area contributed by atoms with Crippen molar-refractivity contribution in [1.82, 2.24) is 30.6 Å². The fraction of sp³-hybridized carbons (Fsp3) is 0.192. The Kier molecular flexibility index (Phi) is 6.13. The number of aryl methyl sites for hydroxylation is 2. The number of thioether (sulfide) groups is 1. The molecule has 6 nitrogen and oxygen atoms in total. The van der Waals surface area contributed by atoms with Crippen molar-refractivity contribution in [1.29, 1.82) is 0 Å². The molecule has 5 rings (SSSR count). The first-order chi connectivity index (χ1) is 16.2. The van der Waals surface area contributed by atoms with E-state index in [1.54, 1.807) is 11.8 Å². The molecule has 0 fully saturated rings. The summed E-state index contributed by atoms with van der Waals surface area (Å²) >= 11 is 1.77. The predicted octanol–water partition coefficient (Wildman–Crippen LogP) is 6.03. The van der Waals surface area contributed by atoms with Crippen LogP contribution in [0.4, 0.5) is 0 Å². The molecule has 0 atom stereocenters. The zero-order valence-corrected chi connectivity index (χ0v) is 19.4. The molecule has 0 bridgehead atoms. The van der Waals surface area contributed by atoms with E-state index in [2.05, 4.69) is 83.0 Å². The van der Waals surface area contributed by atoms with Crippen molar-refractivity contribution in [3.63, 3.8) is 0 Å². The van der Waals surface area contributed by atoms with Crippen molar-refractivity contribution in [2.24, 2.45) is 0 Å². The quantitative estimate of drug-likeness (QED) is 0.240. The van der Waals surface area contributed by atoms with E-state index in [0.29, 0.717) is 5.82 Å². The molecule has 0 amide bonds. The Morgan fingerprint density at radius 3 is 2.48 bits per heavy atom. The Labute approximate surface area is 196 Å². The van der Waals surface area contributed by atoms with Gasteiger partial charge in [-0.1, -0.05) is 67.1 Å². The number of aromatic nitrogens is 6. The number of rotatable bonds is 7. The van der Waals surface area contributed by atoms with E-state index >= 15 is 0 Å². The average molecular weight is 453 g/mol. The molecule has 0 saturated heterocycles. The topological polar surface area (TPSA) is 80.2 Å². The van der Waals surface area contributed by atoms with Crippen LogP contribution in [-0.2, 0) is 12.2 Å². The molecule has 0 radical (unpaired) electrons. The van der Waals surface area contributed by atoms with Crippen molar-refractivity contribution in [3.05, 3.63) is 83.7 Å². The molecular formula is C26H24N6S. The van der Waals surface area contributed by atoms with Crippen LogP contribution in [0.3, 0.4) is 0 Å². The summed E-state index contributed by atoms with van der Waals surface area (Å²) < 4.78 is 0. The first-order valence-corrected chi connectivity index (χ1v) is 12.0. The lowest BCUT2D eigenvalue weighted by molar-refractivity contribution is 0.824. The molecule has 2 aromatic heterocycles. The summed E-state index contributed by atoms with van der Waals surface area (Å²) in [7, 11) is 0. The largest absolute Gasteiger partial charge is 0.233 e. The lowest BCUT2D eigenvalue weighted by Gasteiger charge is -2.10. The smallest absolute Gasteiger partial charge is 0.205 e. The average Bonchev–Trinajstić information content (AvgIpc) is 3.38. The van der Waals surface area contributed by atoms with Gasteiger partial charge < -0.3 is 0 Å². The predicted molar refractivity (Wildman–Crippen MR) is 133 cm³/mol. The van der Waals surface area contributed by atoms with E-state index in [0.717, 1.165) is 57.0 Å². The van der Waals surface area contributed by atoms with Crippen LogP contribution in [0.15, 0.2) is 71.8 Å². The number of aromatic amines is 1. The summed E-state index contributed by atoms with van der Waals surface area (Å²) in [4.78, 5) is 9.64. The summed E-state index contributed by atoms with van der Waals surface area (Å²) in [6.07, 6.45) is 1.93. The zero-order valence-electron chi connectivity index (χ0n) is 18.6. The summed E-state index contributed by atoms with van der Waals surface area (Å²) in [6.45, 7) is 4.27. The molecule has 3 aromatic carbocycles. The molecule has 2 heterocycles. The van der Waals surface area contributed by atoms with E-state index < -0.39 is 0 Å². The van der Waals surface area contributed by atoms with Crippen molar-refractivity contribution in [3.8, 4) is 22.5 Å². The highest BCUT2D eigenvalue weighted by Crippen LogP contribution is 2.32. The molecule has 0 aliphatic rings. The highest BCUT2D eigenvalue weighted by atomic mass is 32.2. The maximum atomic E-state index is 4.88. The number of tetrazole rings is 1. The molecule has 7 heteroatoms. The van der Waals surface area contributed by atoms with Gasteiger partial charge in [-0.25, -0.2) is 9.97 Å². The Balaban J connectivity index is 1.39. The number of nitrogens with zero attached hydrogens (tertiary/aromatic N) is 5. The van der Waals surface area contributed by atoms with Crippen molar-refractivity contribution in [2.45, 2.75) is 37.5 Å². The van der Waals surface area contributed by atoms with Crippen LogP contribution in [0.25, 0.3) is 33.4 Å². The monoisotopic (exact) mass is 452 g/mol. The fourth-order valence-corrected chi connectivity index (χ4v) is 4.83. The standard InChI is InChI=1S/C26H24N6S/c1-3-6-24-27-23-14-9-17(2)15-22(23)26(28-24)33-16-18-10-12-19(13-11-18)20-7-4-5-8-21(20)25-29-31-32-30-25/h4-5,7-15H,3,6,16H2,1-2H3,(H,29,30,31,32). The summed E-state index contributed by atoms with van der Waals surface area (Å²) in [6, 6.07) is 23.2. The summed E-state index contributed by atoms with van der Waals surface area (Å²) in [5.74, 6) is 2.36. The summed E-state index contributed by atoms with van der Waals surface area (Å²) in [5.41, 5.74) is 6.66.